The molecule has 0 aromatic rings. The van der Waals surface area contributed by atoms with Crippen molar-refractivity contribution in [1.82, 2.24) is 10.0 Å². The summed E-state index contributed by atoms with van der Waals surface area (Å²) in [7, 11) is -6.32. The first-order valence-electron chi connectivity index (χ1n) is 6.73. The summed E-state index contributed by atoms with van der Waals surface area (Å²) in [6.45, 7) is 2.13. The first-order valence-corrected chi connectivity index (χ1v) is 10.1. The van der Waals surface area contributed by atoms with E-state index in [4.69, 9.17) is 0 Å². The maximum Gasteiger partial charge on any atom is 0.215 e. The predicted octanol–water partition coefficient (Wildman–Crippen LogP) is -0.376. The fraction of sp³-hybridized carbons (Fsp3) is 1.00. The lowest BCUT2D eigenvalue weighted by atomic mass is 10.2. The van der Waals surface area contributed by atoms with E-state index >= 15 is 0 Å². The molecule has 0 amide bonds. The summed E-state index contributed by atoms with van der Waals surface area (Å²) in [6.07, 6.45) is 3.01. The van der Waals surface area contributed by atoms with Crippen LogP contribution in [-0.2, 0) is 19.9 Å². The Hall–Kier alpha value is -0.180. The van der Waals surface area contributed by atoms with Gasteiger partial charge in [-0.15, -0.1) is 0 Å². The molecule has 0 aromatic carbocycles. The van der Waals surface area contributed by atoms with Crippen molar-refractivity contribution in [2.45, 2.75) is 49.9 Å². The van der Waals surface area contributed by atoms with Crippen LogP contribution in [0.15, 0.2) is 0 Å². The molecule has 0 aromatic heterocycles. The highest BCUT2D eigenvalue weighted by molar-refractivity contribution is 7.91. The van der Waals surface area contributed by atoms with Gasteiger partial charge in [-0.05, 0) is 32.6 Å². The van der Waals surface area contributed by atoms with Gasteiger partial charge in [0.15, 0.2) is 0 Å². The van der Waals surface area contributed by atoms with Crippen molar-refractivity contribution in [1.29, 1.82) is 0 Å². The average Bonchev–Trinajstić information content (AvgIpc) is 3.12. The third-order valence-corrected chi connectivity index (χ3v) is 7.29. The third kappa shape index (κ3) is 4.70. The predicted molar refractivity (Wildman–Crippen MR) is 74.2 cm³/mol. The highest BCUT2D eigenvalue weighted by Crippen LogP contribution is 2.19. The summed E-state index contributed by atoms with van der Waals surface area (Å²) >= 11 is 0. The Morgan fingerprint density at radius 1 is 1.11 bits per heavy atom. The van der Waals surface area contributed by atoms with Crippen LogP contribution in [-0.4, -0.2) is 52.2 Å². The molecule has 1 saturated carbocycles. The molecular weight excluding hydrogens is 288 g/mol. The second-order valence-electron chi connectivity index (χ2n) is 5.58. The second kappa shape index (κ2) is 5.67. The van der Waals surface area contributed by atoms with E-state index in [0.717, 1.165) is 12.8 Å². The van der Waals surface area contributed by atoms with Crippen LogP contribution in [0.5, 0.6) is 0 Å². The van der Waals surface area contributed by atoms with E-state index < -0.39 is 25.1 Å². The lowest BCUT2D eigenvalue weighted by molar-refractivity contribution is 0.497. The number of hydrogen-bond donors (Lipinski definition) is 2. The molecule has 2 rings (SSSR count). The van der Waals surface area contributed by atoms with E-state index in [9.17, 15) is 16.8 Å². The number of sulfone groups is 1. The first kappa shape index (κ1) is 15.2. The molecule has 112 valence electrons. The quantitative estimate of drug-likeness (QED) is 0.698. The standard InChI is InChI=1S/C11H22N2O4S2/c1-9(8-12-10-2-3-10)19(16,17)13-11-4-6-18(14,15)7-5-11/h9-13H,2-8H2,1H3. The Bertz CT molecular complexity index is 497. The van der Waals surface area contributed by atoms with Gasteiger partial charge in [-0.2, -0.15) is 0 Å². The average molecular weight is 310 g/mol. The molecule has 1 unspecified atom stereocenters. The molecule has 2 N–H and O–H groups in total. The molecular formula is C11H22N2O4S2. The summed E-state index contributed by atoms with van der Waals surface area (Å²) in [4.78, 5) is 0. The van der Waals surface area contributed by atoms with Gasteiger partial charge in [0.05, 0.1) is 16.8 Å². The Labute approximate surface area is 115 Å². The molecule has 1 saturated heterocycles. The fourth-order valence-corrected chi connectivity index (χ4v) is 4.83. The smallest absolute Gasteiger partial charge is 0.215 e. The van der Waals surface area contributed by atoms with Crippen molar-refractivity contribution in [3.8, 4) is 0 Å². The van der Waals surface area contributed by atoms with Gasteiger partial charge in [-0.1, -0.05) is 0 Å². The highest BCUT2D eigenvalue weighted by Gasteiger charge is 2.30. The number of sulfonamides is 1. The monoisotopic (exact) mass is 310 g/mol. The summed E-state index contributed by atoms with van der Waals surface area (Å²) in [5.74, 6) is 0.157. The van der Waals surface area contributed by atoms with Gasteiger partial charge in [-0.25, -0.2) is 21.6 Å². The summed E-state index contributed by atoms with van der Waals surface area (Å²) in [6, 6.07) is 0.245. The highest BCUT2D eigenvalue weighted by atomic mass is 32.2. The minimum atomic E-state index is -3.37. The maximum atomic E-state index is 12.1. The van der Waals surface area contributed by atoms with Crippen molar-refractivity contribution in [3.05, 3.63) is 0 Å². The molecule has 1 atom stereocenters. The largest absolute Gasteiger partial charge is 0.313 e. The molecule has 1 heterocycles. The molecule has 6 nitrogen and oxygen atoms in total. The van der Waals surface area contributed by atoms with Crippen LogP contribution in [0.25, 0.3) is 0 Å². The molecule has 0 spiro atoms. The number of rotatable bonds is 6. The molecule has 1 aliphatic carbocycles. The van der Waals surface area contributed by atoms with Gasteiger partial charge in [0.1, 0.15) is 9.84 Å². The van der Waals surface area contributed by atoms with Crippen LogP contribution in [0, 0.1) is 0 Å². The summed E-state index contributed by atoms with van der Waals surface area (Å²) in [5.41, 5.74) is 0. The van der Waals surface area contributed by atoms with Gasteiger partial charge in [0.25, 0.3) is 0 Å². The Kier molecular flexibility index (Phi) is 4.54. The van der Waals surface area contributed by atoms with Gasteiger partial charge >= 0.3 is 0 Å². The summed E-state index contributed by atoms with van der Waals surface area (Å²) < 4.78 is 49.4. The molecule has 2 fully saturated rings. The van der Waals surface area contributed by atoms with E-state index in [1.165, 1.54) is 0 Å². The Morgan fingerprint density at radius 2 is 1.68 bits per heavy atom. The lowest BCUT2D eigenvalue weighted by Gasteiger charge is -2.24. The zero-order valence-corrected chi connectivity index (χ0v) is 12.8. The van der Waals surface area contributed by atoms with E-state index in [1.54, 1.807) is 6.92 Å². The number of nitrogens with one attached hydrogen (secondary N) is 2. The minimum absolute atomic E-state index is 0.0783. The molecule has 19 heavy (non-hydrogen) atoms. The van der Waals surface area contributed by atoms with Gasteiger partial charge < -0.3 is 5.32 Å². The molecule has 0 radical (unpaired) electrons. The van der Waals surface area contributed by atoms with Gasteiger partial charge in [-0.3, -0.25) is 0 Å². The van der Waals surface area contributed by atoms with Crippen molar-refractivity contribution in [2.75, 3.05) is 18.1 Å². The van der Waals surface area contributed by atoms with Crippen LogP contribution in [0.2, 0.25) is 0 Å². The third-order valence-electron chi connectivity index (χ3n) is 3.69. The van der Waals surface area contributed by atoms with Crippen molar-refractivity contribution < 1.29 is 16.8 Å². The topological polar surface area (TPSA) is 92.3 Å². The SMILES string of the molecule is CC(CNC1CC1)S(=O)(=O)NC1CCS(=O)(=O)CC1. The molecule has 0 bridgehead atoms. The Balaban J connectivity index is 1.82. The van der Waals surface area contributed by atoms with Gasteiger partial charge in [0, 0.05) is 18.6 Å². The van der Waals surface area contributed by atoms with Crippen LogP contribution < -0.4 is 10.0 Å². The van der Waals surface area contributed by atoms with Crippen LogP contribution in [0.3, 0.4) is 0 Å². The minimum Gasteiger partial charge on any atom is -0.313 e. The van der Waals surface area contributed by atoms with E-state index in [1.807, 2.05) is 0 Å². The number of hydrogen-bond acceptors (Lipinski definition) is 5. The normalized spacial score (nSPS) is 26.2. The lowest BCUT2D eigenvalue weighted by Crippen LogP contribution is -2.46. The molecule has 1 aliphatic heterocycles. The van der Waals surface area contributed by atoms with Crippen LogP contribution >= 0.6 is 0 Å². The zero-order chi connectivity index (χ0) is 14.1. The van der Waals surface area contributed by atoms with Crippen LogP contribution in [0.1, 0.15) is 32.6 Å². The van der Waals surface area contributed by atoms with Crippen molar-refractivity contribution in [2.24, 2.45) is 0 Å². The van der Waals surface area contributed by atoms with Crippen molar-refractivity contribution in [3.63, 3.8) is 0 Å². The summed E-state index contributed by atoms with van der Waals surface area (Å²) in [5, 5.41) is 2.70. The van der Waals surface area contributed by atoms with Gasteiger partial charge in [0.2, 0.25) is 10.0 Å². The van der Waals surface area contributed by atoms with E-state index in [2.05, 4.69) is 10.0 Å². The van der Waals surface area contributed by atoms with Crippen molar-refractivity contribution >= 4 is 19.9 Å². The van der Waals surface area contributed by atoms with Crippen LogP contribution in [0.4, 0.5) is 0 Å². The van der Waals surface area contributed by atoms with E-state index in [-0.39, 0.29) is 17.5 Å². The maximum absolute atomic E-state index is 12.1. The Morgan fingerprint density at radius 3 is 2.21 bits per heavy atom. The zero-order valence-electron chi connectivity index (χ0n) is 11.1. The fourth-order valence-electron chi connectivity index (χ4n) is 2.09. The van der Waals surface area contributed by atoms with E-state index in [0.29, 0.717) is 25.4 Å². The second-order valence-corrected chi connectivity index (χ2v) is 10.0. The molecule has 2 aliphatic rings. The molecule has 8 heteroatoms. The first-order chi connectivity index (χ1) is 8.78.